The first kappa shape index (κ1) is 18.8. The van der Waals surface area contributed by atoms with Gasteiger partial charge in [-0.25, -0.2) is 14.4 Å². The molecule has 2 fully saturated rings. The van der Waals surface area contributed by atoms with E-state index in [0.29, 0.717) is 13.0 Å². The number of amides is 1. The number of ether oxygens (including phenoxy) is 1. The van der Waals surface area contributed by atoms with Crippen molar-refractivity contribution in [2.45, 2.75) is 56.3 Å². The van der Waals surface area contributed by atoms with Crippen molar-refractivity contribution in [3.63, 3.8) is 0 Å². The highest BCUT2D eigenvalue weighted by atomic mass is 33.1. The smallest absolute Gasteiger partial charge is 0.316 e. The van der Waals surface area contributed by atoms with Crippen LogP contribution in [0.1, 0.15) is 44.9 Å². The Balaban J connectivity index is 1.37. The predicted octanol–water partition coefficient (Wildman–Crippen LogP) is 3.70. The Morgan fingerprint density at radius 2 is 2.16 bits per heavy atom. The molecule has 2 aliphatic rings. The Morgan fingerprint density at radius 3 is 2.92 bits per heavy atom. The van der Waals surface area contributed by atoms with E-state index >= 15 is 0 Å². The molecule has 0 bridgehead atoms. The second kappa shape index (κ2) is 9.62. The molecule has 1 aromatic heterocycles. The lowest BCUT2D eigenvalue weighted by Crippen LogP contribution is -2.44. The number of halogens is 1. The average Bonchev–Trinajstić information content (AvgIpc) is 3.14. The summed E-state index contributed by atoms with van der Waals surface area (Å²) in [6.45, 7) is 1.35. The van der Waals surface area contributed by atoms with Gasteiger partial charge in [-0.05, 0) is 32.1 Å². The minimum Gasteiger partial charge on any atom is -0.458 e. The Bertz CT molecular complexity index is 555. The molecule has 3 rings (SSSR count). The molecule has 1 aromatic rings. The van der Waals surface area contributed by atoms with E-state index in [0.717, 1.165) is 49.9 Å². The normalized spacial score (nSPS) is 23.6. The molecule has 0 aromatic carbocycles. The van der Waals surface area contributed by atoms with Gasteiger partial charge in [0.25, 0.3) is 0 Å². The topological polar surface area (TPSA) is 55.3 Å². The number of aromatic nitrogens is 2. The first-order valence-corrected chi connectivity index (χ1v) is 11.3. The van der Waals surface area contributed by atoms with Crippen LogP contribution in [-0.4, -0.2) is 51.0 Å². The highest BCUT2D eigenvalue weighted by Crippen LogP contribution is 2.39. The van der Waals surface area contributed by atoms with Crippen LogP contribution in [0.15, 0.2) is 12.4 Å². The maximum absolute atomic E-state index is 12.8. The van der Waals surface area contributed by atoms with Gasteiger partial charge in [-0.15, -0.1) is 0 Å². The van der Waals surface area contributed by atoms with Gasteiger partial charge >= 0.3 is 6.01 Å². The van der Waals surface area contributed by atoms with E-state index in [1.807, 2.05) is 26.5 Å². The summed E-state index contributed by atoms with van der Waals surface area (Å²) in [4.78, 5) is 22.0. The lowest BCUT2D eigenvalue weighted by atomic mass is 10.1. The van der Waals surface area contributed by atoms with Crippen molar-refractivity contribution in [1.29, 1.82) is 0 Å². The molecule has 3 heterocycles. The van der Waals surface area contributed by atoms with Crippen molar-refractivity contribution in [1.82, 2.24) is 14.9 Å². The summed E-state index contributed by atoms with van der Waals surface area (Å²) in [5.74, 6) is 0.991. The summed E-state index contributed by atoms with van der Waals surface area (Å²) >= 11 is 0. The van der Waals surface area contributed by atoms with Gasteiger partial charge in [-0.1, -0.05) is 28.0 Å². The quantitative estimate of drug-likeness (QED) is 0.527. The molecule has 0 saturated carbocycles. The summed E-state index contributed by atoms with van der Waals surface area (Å²) in [6, 6.07) is 0.174. The molecule has 138 valence electrons. The first-order valence-electron chi connectivity index (χ1n) is 8.91. The van der Waals surface area contributed by atoms with E-state index in [1.165, 1.54) is 18.6 Å². The fourth-order valence-electron chi connectivity index (χ4n) is 3.14. The van der Waals surface area contributed by atoms with Crippen molar-refractivity contribution >= 4 is 27.5 Å². The summed E-state index contributed by atoms with van der Waals surface area (Å²) in [5.41, 5.74) is 0. The molecule has 0 spiro atoms. The van der Waals surface area contributed by atoms with Gasteiger partial charge in [0.15, 0.2) is 5.82 Å². The van der Waals surface area contributed by atoms with Crippen LogP contribution in [0.25, 0.3) is 0 Å². The number of unbranched alkanes of at least 4 members (excludes halogenated alkanes) is 1. The van der Waals surface area contributed by atoms with Gasteiger partial charge in [-0.2, -0.15) is 0 Å². The summed E-state index contributed by atoms with van der Waals surface area (Å²) < 4.78 is 18.5. The SMILES string of the molecule is O=C(CCCCC1CCSS1)N1CCCC(Oc2ncc(F)cn2)C1. The second-order valence-corrected chi connectivity index (χ2v) is 9.27. The van der Waals surface area contributed by atoms with Gasteiger partial charge in [-0.3, -0.25) is 4.79 Å². The zero-order valence-corrected chi connectivity index (χ0v) is 15.9. The average molecular weight is 386 g/mol. The summed E-state index contributed by atoms with van der Waals surface area (Å²) in [6.07, 6.45) is 9.07. The fourth-order valence-corrected chi connectivity index (χ4v) is 6.17. The number of carbonyl (C=O) groups is 1. The minimum absolute atomic E-state index is 0.116. The van der Waals surface area contributed by atoms with E-state index in [-0.39, 0.29) is 18.0 Å². The molecule has 2 unspecified atom stereocenters. The van der Waals surface area contributed by atoms with E-state index in [1.54, 1.807) is 0 Å². The number of nitrogens with zero attached hydrogens (tertiary/aromatic N) is 3. The fraction of sp³-hybridized carbons (Fsp3) is 0.706. The Hall–Kier alpha value is -1.02. The number of piperidine rings is 1. The van der Waals surface area contributed by atoms with Crippen LogP contribution in [0, 0.1) is 5.82 Å². The Labute approximate surface area is 155 Å². The number of carbonyl (C=O) groups excluding carboxylic acids is 1. The van der Waals surface area contributed by atoms with E-state index in [2.05, 4.69) is 9.97 Å². The molecule has 2 aliphatic heterocycles. The Kier molecular flexibility index (Phi) is 7.22. The van der Waals surface area contributed by atoms with Gasteiger partial charge in [0.2, 0.25) is 5.91 Å². The van der Waals surface area contributed by atoms with Gasteiger partial charge in [0.05, 0.1) is 18.9 Å². The van der Waals surface area contributed by atoms with Crippen molar-refractivity contribution < 1.29 is 13.9 Å². The molecule has 2 atom stereocenters. The third kappa shape index (κ3) is 6.02. The molecule has 2 saturated heterocycles. The van der Waals surface area contributed by atoms with Crippen LogP contribution >= 0.6 is 21.6 Å². The lowest BCUT2D eigenvalue weighted by molar-refractivity contribution is -0.134. The molecular formula is C17H24FN3O2S2. The predicted molar refractivity (Wildman–Crippen MR) is 99.1 cm³/mol. The lowest BCUT2D eigenvalue weighted by Gasteiger charge is -2.32. The number of rotatable bonds is 7. The monoisotopic (exact) mass is 385 g/mol. The van der Waals surface area contributed by atoms with E-state index in [9.17, 15) is 9.18 Å². The van der Waals surface area contributed by atoms with Gasteiger partial charge in [0, 0.05) is 24.0 Å². The summed E-state index contributed by atoms with van der Waals surface area (Å²) in [5, 5.41) is 0.781. The molecule has 0 aliphatic carbocycles. The third-order valence-electron chi connectivity index (χ3n) is 4.49. The van der Waals surface area contributed by atoms with E-state index in [4.69, 9.17) is 4.74 Å². The number of hydrogen-bond acceptors (Lipinski definition) is 6. The first-order chi connectivity index (χ1) is 12.2. The molecule has 0 radical (unpaired) electrons. The summed E-state index contributed by atoms with van der Waals surface area (Å²) in [7, 11) is 3.97. The highest BCUT2D eigenvalue weighted by Gasteiger charge is 2.25. The minimum atomic E-state index is -0.484. The van der Waals surface area contributed by atoms with Gasteiger partial charge < -0.3 is 9.64 Å². The molecular weight excluding hydrogens is 361 g/mol. The van der Waals surface area contributed by atoms with E-state index < -0.39 is 5.82 Å². The van der Waals surface area contributed by atoms with Crippen LogP contribution in [0.2, 0.25) is 0 Å². The van der Waals surface area contributed by atoms with Crippen LogP contribution in [-0.2, 0) is 4.79 Å². The van der Waals surface area contributed by atoms with Crippen LogP contribution in [0.5, 0.6) is 6.01 Å². The number of hydrogen-bond donors (Lipinski definition) is 0. The van der Waals surface area contributed by atoms with Crippen molar-refractivity contribution in [2.24, 2.45) is 0 Å². The molecule has 1 amide bonds. The Morgan fingerprint density at radius 1 is 1.32 bits per heavy atom. The highest BCUT2D eigenvalue weighted by molar-refractivity contribution is 8.77. The second-order valence-electron chi connectivity index (χ2n) is 6.48. The zero-order valence-electron chi connectivity index (χ0n) is 14.2. The molecule has 0 N–H and O–H groups in total. The molecule has 8 heteroatoms. The molecule has 5 nitrogen and oxygen atoms in total. The maximum Gasteiger partial charge on any atom is 0.316 e. The zero-order chi connectivity index (χ0) is 17.5. The van der Waals surface area contributed by atoms with Crippen molar-refractivity contribution in [2.75, 3.05) is 18.8 Å². The number of likely N-dealkylation sites (tertiary alicyclic amines) is 1. The largest absolute Gasteiger partial charge is 0.458 e. The molecule has 25 heavy (non-hydrogen) atoms. The third-order valence-corrected chi connectivity index (χ3v) is 7.50. The van der Waals surface area contributed by atoms with Gasteiger partial charge in [0.1, 0.15) is 6.10 Å². The van der Waals surface area contributed by atoms with Crippen LogP contribution in [0.3, 0.4) is 0 Å². The van der Waals surface area contributed by atoms with Crippen molar-refractivity contribution in [3.8, 4) is 6.01 Å². The maximum atomic E-state index is 12.8. The van der Waals surface area contributed by atoms with Crippen molar-refractivity contribution in [3.05, 3.63) is 18.2 Å². The standard InChI is InChI=1S/C17H24FN3O2S2/c18-13-10-19-17(20-11-13)23-14-4-3-8-21(12-14)16(22)6-2-1-5-15-7-9-24-25-15/h10-11,14-15H,1-9,12H2. The van der Waals surface area contributed by atoms with Crippen LogP contribution in [0.4, 0.5) is 4.39 Å². The van der Waals surface area contributed by atoms with Crippen LogP contribution < -0.4 is 4.74 Å².